The average molecular weight is 262 g/mol. The Labute approximate surface area is 105 Å². The molecule has 0 saturated carbocycles. The molecule has 0 aliphatic carbocycles. The highest BCUT2D eigenvalue weighted by molar-refractivity contribution is 5.34. The van der Waals surface area contributed by atoms with Crippen molar-refractivity contribution in [2.75, 3.05) is 13.2 Å². The zero-order valence-electron chi connectivity index (χ0n) is 10.7. The van der Waals surface area contributed by atoms with E-state index in [1.165, 1.54) is 6.07 Å². The number of benzene rings is 1. The van der Waals surface area contributed by atoms with Crippen LogP contribution in [0, 0.1) is 6.92 Å². The molecule has 0 bridgehead atoms. The summed E-state index contributed by atoms with van der Waals surface area (Å²) in [6, 6.07) is 4.14. The van der Waals surface area contributed by atoms with Crippen LogP contribution < -0.4 is 0 Å². The highest BCUT2D eigenvalue weighted by atomic mass is 19.4. The van der Waals surface area contributed by atoms with Gasteiger partial charge in [-0.2, -0.15) is 13.2 Å². The van der Waals surface area contributed by atoms with Crippen molar-refractivity contribution in [2.24, 2.45) is 0 Å². The van der Waals surface area contributed by atoms with Crippen molar-refractivity contribution in [2.45, 2.75) is 33.2 Å². The van der Waals surface area contributed by atoms with E-state index >= 15 is 0 Å². The highest BCUT2D eigenvalue weighted by Gasteiger charge is 2.36. The standard InChI is InChI=1S/C11H11F3O2.C2H6/c1-7-2-3-8(10-15-4-5-16-10)9(6-7)11(12,13)14;1-2/h2-3,6,10H,4-5H2,1H3;1-2H3. The second-order valence-corrected chi connectivity index (χ2v) is 3.66. The molecule has 1 aromatic carbocycles. The van der Waals surface area contributed by atoms with Crippen LogP contribution in [0.2, 0.25) is 0 Å². The van der Waals surface area contributed by atoms with Gasteiger partial charge in [-0.3, -0.25) is 0 Å². The molecule has 1 aliphatic rings. The van der Waals surface area contributed by atoms with E-state index in [1.54, 1.807) is 13.0 Å². The number of halogens is 3. The topological polar surface area (TPSA) is 18.5 Å². The molecule has 5 heteroatoms. The van der Waals surface area contributed by atoms with Crippen LogP contribution in [0.5, 0.6) is 0 Å². The maximum atomic E-state index is 12.8. The van der Waals surface area contributed by atoms with Gasteiger partial charge in [0.1, 0.15) is 0 Å². The summed E-state index contributed by atoms with van der Waals surface area (Å²) in [6.45, 7) is 6.28. The lowest BCUT2D eigenvalue weighted by atomic mass is 10.0. The first-order valence-corrected chi connectivity index (χ1v) is 5.89. The Kier molecular flexibility index (Phi) is 5.16. The van der Waals surface area contributed by atoms with Crippen molar-refractivity contribution in [1.29, 1.82) is 0 Å². The Morgan fingerprint density at radius 1 is 1.11 bits per heavy atom. The normalized spacial score (nSPS) is 16.3. The molecule has 0 atom stereocenters. The minimum atomic E-state index is -4.38. The van der Waals surface area contributed by atoms with Crippen molar-refractivity contribution in [3.8, 4) is 0 Å². The van der Waals surface area contributed by atoms with E-state index in [-0.39, 0.29) is 5.56 Å². The summed E-state index contributed by atoms with van der Waals surface area (Å²) >= 11 is 0. The molecule has 1 aromatic rings. The minimum absolute atomic E-state index is 0.0515. The van der Waals surface area contributed by atoms with Gasteiger partial charge >= 0.3 is 6.18 Å². The van der Waals surface area contributed by atoms with Crippen LogP contribution in [0.3, 0.4) is 0 Å². The summed E-state index contributed by atoms with van der Waals surface area (Å²) in [5, 5.41) is 0. The lowest BCUT2D eigenvalue weighted by molar-refractivity contribution is -0.142. The summed E-state index contributed by atoms with van der Waals surface area (Å²) in [7, 11) is 0. The molecule has 0 aromatic heterocycles. The van der Waals surface area contributed by atoms with Gasteiger partial charge in [0.15, 0.2) is 6.29 Å². The second kappa shape index (κ2) is 6.20. The second-order valence-electron chi connectivity index (χ2n) is 3.66. The minimum Gasteiger partial charge on any atom is -0.346 e. The van der Waals surface area contributed by atoms with Gasteiger partial charge in [-0.15, -0.1) is 0 Å². The largest absolute Gasteiger partial charge is 0.416 e. The van der Waals surface area contributed by atoms with Gasteiger partial charge in [0.2, 0.25) is 0 Å². The van der Waals surface area contributed by atoms with Gasteiger partial charge < -0.3 is 9.47 Å². The number of aryl methyl sites for hydroxylation is 1. The first-order chi connectivity index (χ1) is 8.48. The molecule has 1 fully saturated rings. The average Bonchev–Trinajstić information content (AvgIpc) is 2.84. The SMILES string of the molecule is CC.Cc1ccc(C2OCCO2)c(C(F)(F)F)c1. The number of ether oxygens (including phenoxy) is 2. The maximum Gasteiger partial charge on any atom is 0.416 e. The first-order valence-electron chi connectivity index (χ1n) is 5.89. The number of hydrogen-bond acceptors (Lipinski definition) is 2. The van der Waals surface area contributed by atoms with Crippen LogP contribution in [0.1, 0.15) is 36.8 Å². The van der Waals surface area contributed by atoms with E-state index in [0.29, 0.717) is 18.8 Å². The predicted molar refractivity (Wildman–Crippen MR) is 62.2 cm³/mol. The first kappa shape index (κ1) is 15.0. The molecule has 2 nitrogen and oxygen atoms in total. The molecule has 2 rings (SSSR count). The van der Waals surface area contributed by atoms with Crippen LogP contribution >= 0.6 is 0 Å². The molecule has 1 saturated heterocycles. The van der Waals surface area contributed by atoms with Crippen LogP contribution in [0.25, 0.3) is 0 Å². The third kappa shape index (κ3) is 3.46. The smallest absolute Gasteiger partial charge is 0.346 e. The van der Waals surface area contributed by atoms with Gasteiger partial charge in [0.25, 0.3) is 0 Å². The molecule has 1 heterocycles. The fourth-order valence-corrected chi connectivity index (χ4v) is 1.66. The Morgan fingerprint density at radius 3 is 2.17 bits per heavy atom. The van der Waals surface area contributed by atoms with E-state index in [0.717, 1.165) is 6.07 Å². The van der Waals surface area contributed by atoms with Gasteiger partial charge in [-0.25, -0.2) is 0 Å². The van der Waals surface area contributed by atoms with Crippen LogP contribution in [-0.2, 0) is 15.7 Å². The van der Waals surface area contributed by atoms with E-state index in [9.17, 15) is 13.2 Å². The predicted octanol–water partition coefficient (Wildman–Crippen LogP) is 4.09. The zero-order valence-corrected chi connectivity index (χ0v) is 10.7. The fraction of sp³-hybridized carbons (Fsp3) is 0.538. The molecule has 1 aliphatic heterocycles. The van der Waals surface area contributed by atoms with Gasteiger partial charge in [-0.05, 0) is 13.0 Å². The van der Waals surface area contributed by atoms with E-state index in [2.05, 4.69) is 0 Å². The van der Waals surface area contributed by atoms with E-state index < -0.39 is 18.0 Å². The quantitative estimate of drug-likeness (QED) is 0.759. The van der Waals surface area contributed by atoms with Crippen molar-refractivity contribution in [1.82, 2.24) is 0 Å². The third-order valence-electron chi connectivity index (χ3n) is 2.39. The molecule has 102 valence electrons. The molecular weight excluding hydrogens is 245 g/mol. The summed E-state index contributed by atoms with van der Waals surface area (Å²) in [5.74, 6) is 0. The highest BCUT2D eigenvalue weighted by Crippen LogP contribution is 2.37. The summed E-state index contributed by atoms with van der Waals surface area (Å²) in [5.41, 5.74) is -0.0657. The number of alkyl halides is 3. The molecule has 0 unspecified atom stereocenters. The lowest BCUT2D eigenvalue weighted by Gasteiger charge is -2.17. The van der Waals surface area contributed by atoms with Crippen molar-refractivity contribution >= 4 is 0 Å². The van der Waals surface area contributed by atoms with Crippen LogP contribution in [0.4, 0.5) is 13.2 Å². The molecule has 0 amide bonds. The van der Waals surface area contributed by atoms with E-state index in [4.69, 9.17) is 9.47 Å². The van der Waals surface area contributed by atoms with E-state index in [1.807, 2.05) is 13.8 Å². The fourth-order valence-electron chi connectivity index (χ4n) is 1.66. The maximum absolute atomic E-state index is 12.8. The Bertz CT molecular complexity index is 382. The number of rotatable bonds is 1. The van der Waals surface area contributed by atoms with Crippen LogP contribution in [0.15, 0.2) is 18.2 Å². The van der Waals surface area contributed by atoms with Gasteiger partial charge in [0.05, 0.1) is 18.8 Å². The Balaban J connectivity index is 0.000000771. The third-order valence-corrected chi connectivity index (χ3v) is 2.39. The molecular formula is C13H17F3O2. The zero-order chi connectivity index (χ0) is 13.8. The summed E-state index contributed by atoms with van der Waals surface area (Å²) in [6.07, 6.45) is -5.27. The summed E-state index contributed by atoms with van der Waals surface area (Å²) in [4.78, 5) is 0. The molecule has 0 spiro atoms. The lowest BCUT2D eigenvalue weighted by Crippen LogP contribution is -2.12. The van der Waals surface area contributed by atoms with Crippen LogP contribution in [-0.4, -0.2) is 13.2 Å². The molecule has 0 radical (unpaired) electrons. The molecule has 18 heavy (non-hydrogen) atoms. The van der Waals surface area contributed by atoms with Crippen molar-refractivity contribution < 1.29 is 22.6 Å². The number of hydrogen-bond donors (Lipinski definition) is 0. The van der Waals surface area contributed by atoms with Crippen molar-refractivity contribution in [3.63, 3.8) is 0 Å². The Hall–Kier alpha value is -1.07. The van der Waals surface area contributed by atoms with Gasteiger partial charge in [-0.1, -0.05) is 31.5 Å². The Morgan fingerprint density at radius 2 is 1.67 bits per heavy atom. The summed E-state index contributed by atoms with van der Waals surface area (Å²) < 4.78 is 48.5. The monoisotopic (exact) mass is 262 g/mol. The molecule has 0 N–H and O–H groups in total. The van der Waals surface area contributed by atoms with Gasteiger partial charge in [0, 0.05) is 5.56 Å². The van der Waals surface area contributed by atoms with Crippen molar-refractivity contribution in [3.05, 3.63) is 34.9 Å².